The number of sulfonamides is 1. The fourth-order valence-electron chi connectivity index (χ4n) is 3.15. The van der Waals surface area contributed by atoms with Crippen molar-refractivity contribution in [2.24, 2.45) is 0 Å². The van der Waals surface area contributed by atoms with E-state index in [0.29, 0.717) is 28.0 Å². The zero-order valence-electron chi connectivity index (χ0n) is 20.1. The van der Waals surface area contributed by atoms with Crippen LogP contribution in [0.4, 0.5) is 15.9 Å². The lowest BCUT2D eigenvalue weighted by atomic mass is 10.0. The highest BCUT2D eigenvalue weighted by Crippen LogP contribution is 2.26. The van der Waals surface area contributed by atoms with E-state index in [0.717, 1.165) is 16.9 Å². The Morgan fingerprint density at radius 1 is 1.23 bits per heavy atom. The highest BCUT2D eigenvalue weighted by molar-refractivity contribution is 7.92. The van der Waals surface area contributed by atoms with Crippen molar-refractivity contribution in [3.05, 3.63) is 63.9 Å². The molecule has 0 aliphatic heterocycles. The predicted octanol–water partition coefficient (Wildman–Crippen LogP) is 4.11. The third kappa shape index (κ3) is 6.13. The number of aromatic nitrogens is 2. The minimum atomic E-state index is -4.31. The summed E-state index contributed by atoms with van der Waals surface area (Å²) in [4.78, 5) is 25.8. The Morgan fingerprint density at radius 3 is 2.57 bits per heavy atom. The lowest BCUT2D eigenvalue weighted by Gasteiger charge is -2.32. The number of nitrogens with one attached hydrogen (secondary N) is 1. The van der Waals surface area contributed by atoms with E-state index in [-0.39, 0.29) is 35.2 Å². The smallest absolute Gasteiger partial charge is 0.322 e. The van der Waals surface area contributed by atoms with E-state index in [1.807, 2.05) is 13.1 Å². The van der Waals surface area contributed by atoms with Crippen LogP contribution in [0.2, 0.25) is 0 Å². The summed E-state index contributed by atoms with van der Waals surface area (Å²) in [5.41, 5.74) is 3.62. The zero-order chi connectivity index (χ0) is 25.8. The van der Waals surface area contributed by atoms with Gasteiger partial charge in [0.2, 0.25) is 0 Å². The second-order valence-electron chi connectivity index (χ2n) is 8.82. The molecule has 188 valence electrons. The van der Waals surface area contributed by atoms with Crippen molar-refractivity contribution in [2.75, 3.05) is 16.8 Å². The highest BCUT2D eigenvalue weighted by atomic mass is 32.2. The largest absolute Gasteiger partial charge is 0.379 e. The van der Waals surface area contributed by atoms with Gasteiger partial charge in [-0.3, -0.25) is 9.69 Å². The monoisotopic (exact) mass is 521 g/mol. The molecular formula is C23H28FN5O4S2. The lowest BCUT2D eigenvalue weighted by molar-refractivity contribution is -0.128. The number of pyridine rings is 1. The average molecular weight is 522 g/mol. The van der Waals surface area contributed by atoms with Crippen molar-refractivity contribution in [3.63, 3.8) is 0 Å². The molecule has 9 nitrogen and oxygen atoms in total. The van der Waals surface area contributed by atoms with Crippen LogP contribution in [0.5, 0.6) is 0 Å². The molecule has 3 rings (SSSR count). The normalized spacial score (nSPS) is 12.0. The van der Waals surface area contributed by atoms with Crippen LogP contribution in [0, 0.1) is 12.7 Å². The van der Waals surface area contributed by atoms with E-state index in [9.17, 15) is 17.6 Å². The number of nitrogens with zero attached hydrogens (tertiary/aromatic N) is 4. The second kappa shape index (κ2) is 10.7. The number of carbonyl (C=O) groups excluding carboxylic acids is 1. The van der Waals surface area contributed by atoms with Gasteiger partial charge in [-0.1, -0.05) is 16.6 Å². The van der Waals surface area contributed by atoms with Crippen molar-refractivity contribution >= 4 is 39.3 Å². The van der Waals surface area contributed by atoms with Crippen LogP contribution in [-0.2, 0) is 32.7 Å². The summed E-state index contributed by atoms with van der Waals surface area (Å²) in [6.07, 6.45) is 0. The molecule has 2 heterocycles. The van der Waals surface area contributed by atoms with Crippen molar-refractivity contribution in [1.82, 2.24) is 14.9 Å². The van der Waals surface area contributed by atoms with Crippen LogP contribution in [0.1, 0.15) is 37.6 Å². The van der Waals surface area contributed by atoms with Gasteiger partial charge in [0.15, 0.2) is 10.8 Å². The molecule has 0 bridgehead atoms. The summed E-state index contributed by atoms with van der Waals surface area (Å²) in [5, 5.41) is 4.25. The van der Waals surface area contributed by atoms with Crippen LogP contribution in [0.25, 0.3) is 0 Å². The van der Waals surface area contributed by atoms with Gasteiger partial charge in [-0.2, -0.15) is 8.42 Å². The molecular weight excluding hydrogens is 493 g/mol. The molecule has 2 aromatic heterocycles. The standard InChI is InChI=1S/C23H28FN5O4S2/c1-16-20(25-11-18-17(7-6-8-19(18)24)12-28(5)23(2,3)4)9-10-22(27-16)35(31,32)29(33-15-30)21-13-34-14-26-21/h6-10,13-15,25H,11-12H2,1-5H3. The maximum Gasteiger partial charge on any atom is 0.322 e. The van der Waals surface area contributed by atoms with Crippen molar-refractivity contribution in [1.29, 1.82) is 0 Å². The molecule has 0 amide bonds. The lowest BCUT2D eigenvalue weighted by Crippen LogP contribution is -2.37. The summed E-state index contributed by atoms with van der Waals surface area (Å²) >= 11 is 1.14. The molecule has 1 N–H and O–H groups in total. The quantitative estimate of drug-likeness (QED) is 0.314. The van der Waals surface area contributed by atoms with Gasteiger partial charge in [-0.15, -0.1) is 11.3 Å². The minimum absolute atomic E-state index is 0.00274. The van der Waals surface area contributed by atoms with Crippen LogP contribution in [0.15, 0.2) is 46.2 Å². The molecule has 0 radical (unpaired) electrons. The number of rotatable bonds is 10. The summed E-state index contributed by atoms with van der Waals surface area (Å²) in [6, 6.07) is 7.82. The molecule has 0 aliphatic rings. The fourth-order valence-corrected chi connectivity index (χ4v) is 4.88. The summed E-state index contributed by atoms with van der Waals surface area (Å²) in [5.74, 6) is -0.386. The van der Waals surface area contributed by atoms with E-state index in [1.54, 1.807) is 13.0 Å². The molecule has 3 aromatic rings. The molecule has 0 fully saturated rings. The van der Waals surface area contributed by atoms with E-state index in [1.165, 1.54) is 29.1 Å². The molecule has 0 saturated heterocycles. The van der Waals surface area contributed by atoms with E-state index in [4.69, 9.17) is 0 Å². The molecule has 0 saturated carbocycles. The number of benzene rings is 1. The summed E-state index contributed by atoms with van der Waals surface area (Å²) in [6.45, 7) is 8.65. The van der Waals surface area contributed by atoms with Gasteiger partial charge in [0, 0.05) is 29.6 Å². The summed E-state index contributed by atoms with van der Waals surface area (Å²) < 4.78 is 41.1. The molecule has 0 spiro atoms. The van der Waals surface area contributed by atoms with Gasteiger partial charge in [0.25, 0.3) is 0 Å². The number of carbonyl (C=O) groups is 1. The van der Waals surface area contributed by atoms with Gasteiger partial charge < -0.3 is 10.2 Å². The Labute approximate surface area is 208 Å². The molecule has 0 aliphatic carbocycles. The maximum atomic E-state index is 14.7. The van der Waals surface area contributed by atoms with Crippen LogP contribution < -0.4 is 9.79 Å². The third-order valence-corrected chi connectivity index (χ3v) is 7.55. The van der Waals surface area contributed by atoms with Gasteiger partial charge >= 0.3 is 16.5 Å². The minimum Gasteiger partial charge on any atom is -0.379 e. The Hall–Kier alpha value is -3.09. The van der Waals surface area contributed by atoms with Crippen LogP contribution in [-0.4, -0.2) is 42.3 Å². The Bertz CT molecular complexity index is 1280. The number of aryl methyl sites for hydroxylation is 1. The number of hydrogen-bond donors (Lipinski definition) is 1. The molecule has 1 aromatic carbocycles. The molecule has 12 heteroatoms. The molecule has 35 heavy (non-hydrogen) atoms. The fraction of sp³-hybridized carbons (Fsp3) is 0.348. The van der Waals surface area contributed by atoms with Crippen molar-refractivity contribution in [2.45, 2.75) is 51.3 Å². The maximum absolute atomic E-state index is 14.7. The first-order chi connectivity index (χ1) is 16.4. The van der Waals surface area contributed by atoms with E-state index >= 15 is 0 Å². The first-order valence-corrected chi connectivity index (χ1v) is 13.1. The number of anilines is 2. The first-order valence-electron chi connectivity index (χ1n) is 10.7. The van der Waals surface area contributed by atoms with Crippen LogP contribution >= 0.6 is 11.3 Å². The Kier molecular flexibility index (Phi) is 8.08. The number of thiazole rings is 1. The van der Waals surface area contributed by atoms with E-state index in [2.05, 4.69) is 45.8 Å². The van der Waals surface area contributed by atoms with Gasteiger partial charge in [0.05, 0.1) is 16.9 Å². The average Bonchev–Trinajstić information content (AvgIpc) is 3.31. The van der Waals surface area contributed by atoms with Gasteiger partial charge in [-0.05, 0) is 58.5 Å². The number of hydrogen-bond acceptors (Lipinski definition) is 9. The van der Waals surface area contributed by atoms with E-state index < -0.39 is 10.0 Å². The second-order valence-corrected chi connectivity index (χ2v) is 11.2. The first kappa shape index (κ1) is 26.5. The van der Waals surface area contributed by atoms with Crippen molar-refractivity contribution < 1.29 is 22.4 Å². The highest BCUT2D eigenvalue weighted by Gasteiger charge is 2.30. The Balaban J connectivity index is 1.83. The van der Waals surface area contributed by atoms with Gasteiger partial charge in [-0.25, -0.2) is 14.4 Å². The SMILES string of the molecule is Cc1nc(S(=O)(=O)N(OC=O)c2cscn2)ccc1NCc1c(F)cccc1CN(C)C(C)(C)C. The zero-order valence-corrected chi connectivity index (χ0v) is 21.8. The van der Waals surface area contributed by atoms with Gasteiger partial charge in [0.1, 0.15) is 5.82 Å². The molecule has 0 unspecified atom stereocenters. The Morgan fingerprint density at radius 2 is 1.97 bits per heavy atom. The summed E-state index contributed by atoms with van der Waals surface area (Å²) in [7, 11) is -2.33. The predicted molar refractivity (Wildman–Crippen MR) is 133 cm³/mol. The molecule has 0 atom stereocenters. The van der Waals surface area contributed by atoms with Crippen molar-refractivity contribution in [3.8, 4) is 0 Å². The number of halogens is 1. The van der Waals surface area contributed by atoms with Crippen LogP contribution in [0.3, 0.4) is 0 Å². The third-order valence-electron chi connectivity index (χ3n) is 5.51. The topological polar surface area (TPSA) is 105 Å².